The highest BCUT2D eigenvalue weighted by atomic mass is 16.7. The van der Waals surface area contributed by atoms with Gasteiger partial charge in [-0.2, -0.15) is 0 Å². The van der Waals surface area contributed by atoms with Gasteiger partial charge in [0.25, 0.3) is 0 Å². The lowest BCUT2D eigenvalue weighted by Gasteiger charge is -2.39. The highest BCUT2D eigenvalue weighted by Crippen LogP contribution is 2.42. The molecule has 31 heavy (non-hydrogen) atoms. The predicted molar refractivity (Wildman–Crippen MR) is 106 cm³/mol. The Bertz CT molecular complexity index is 1140. The van der Waals surface area contributed by atoms with Gasteiger partial charge in [0.2, 0.25) is 12.0 Å². The molecule has 1 aliphatic rings. The normalized spacial score (nSPS) is 26.1. The molecule has 1 aliphatic heterocycles. The number of aromatic hydroxyl groups is 2. The van der Waals surface area contributed by atoms with E-state index in [-0.39, 0.29) is 16.7 Å². The van der Waals surface area contributed by atoms with Crippen molar-refractivity contribution in [1.82, 2.24) is 0 Å². The van der Waals surface area contributed by atoms with Crippen LogP contribution in [0.25, 0.3) is 22.3 Å². The predicted octanol–water partition coefficient (Wildman–Crippen LogP) is 0.0499. The molecule has 2 aromatic carbocycles. The summed E-state index contributed by atoms with van der Waals surface area (Å²) in [6, 6.07) is 11.0. The molecule has 4 rings (SSSR count). The zero-order valence-corrected chi connectivity index (χ0v) is 16.0. The molecular weight excluding hydrogens is 412 g/mol. The van der Waals surface area contributed by atoms with Gasteiger partial charge in [-0.15, -0.1) is 0 Å². The van der Waals surface area contributed by atoms with Gasteiger partial charge in [-0.1, -0.05) is 30.3 Å². The van der Waals surface area contributed by atoms with Gasteiger partial charge >= 0.3 is 0 Å². The molecule has 0 radical (unpaired) electrons. The zero-order chi connectivity index (χ0) is 22.3. The highest BCUT2D eigenvalue weighted by Gasteiger charge is 2.45. The van der Waals surface area contributed by atoms with Crippen molar-refractivity contribution < 1.29 is 44.5 Å². The van der Waals surface area contributed by atoms with Gasteiger partial charge in [-0.05, 0) is 0 Å². The van der Waals surface area contributed by atoms with Gasteiger partial charge in [0.1, 0.15) is 41.1 Å². The first-order valence-electron chi connectivity index (χ1n) is 9.37. The maximum atomic E-state index is 12.5. The summed E-state index contributed by atoms with van der Waals surface area (Å²) in [4.78, 5) is 12.5. The SMILES string of the molecule is O=c1cc(-c2ccccc2)oc2cc(O[C@H]3O[C@H](CO)[C@@H](O)[C@H](O)[C@H]3O)c(O)c(O)c12. The van der Waals surface area contributed by atoms with Crippen LogP contribution in [0.1, 0.15) is 0 Å². The van der Waals surface area contributed by atoms with Crippen LogP contribution in [0.5, 0.6) is 17.2 Å². The number of phenols is 2. The quantitative estimate of drug-likeness (QED) is 0.310. The average molecular weight is 432 g/mol. The van der Waals surface area contributed by atoms with Crippen LogP contribution in [-0.4, -0.2) is 68.0 Å². The second kappa shape index (κ2) is 8.17. The molecule has 1 saturated heterocycles. The Morgan fingerprint density at radius 3 is 2.32 bits per heavy atom. The summed E-state index contributed by atoms with van der Waals surface area (Å²) in [6.45, 7) is -0.672. The van der Waals surface area contributed by atoms with Gasteiger partial charge in [-0.3, -0.25) is 4.79 Å². The Kier molecular flexibility index (Phi) is 5.56. The number of hydrogen-bond donors (Lipinski definition) is 6. The summed E-state index contributed by atoms with van der Waals surface area (Å²) < 4.78 is 16.4. The lowest BCUT2D eigenvalue weighted by atomic mass is 9.99. The van der Waals surface area contributed by atoms with E-state index < -0.39 is 60.0 Å². The first kappa shape index (κ1) is 21.1. The van der Waals surface area contributed by atoms with Crippen LogP contribution >= 0.6 is 0 Å². The van der Waals surface area contributed by atoms with E-state index in [4.69, 9.17) is 13.9 Å². The van der Waals surface area contributed by atoms with Crippen molar-refractivity contribution in [3.8, 4) is 28.6 Å². The fraction of sp³-hybridized carbons (Fsp3) is 0.286. The van der Waals surface area contributed by atoms with Gasteiger partial charge in [0, 0.05) is 17.7 Å². The smallest absolute Gasteiger partial charge is 0.229 e. The maximum Gasteiger partial charge on any atom is 0.229 e. The molecule has 0 bridgehead atoms. The Morgan fingerprint density at radius 2 is 1.65 bits per heavy atom. The Morgan fingerprint density at radius 1 is 0.935 bits per heavy atom. The second-order valence-corrected chi connectivity index (χ2v) is 7.10. The maximum absolute atomic E-state index is 12.5. The number of aliphatic hydroxyl groups excluding tert-OH is 4. The number of ether oxygens (including phenoxy) is 2. The Balaban J connectivity index is 1.76. The van der Waals surface area contributed by atoms with Crippen LogP contribution < -0.4 is 10.2 Å². The third kappa shape index (κ3) is 3.71. The monoisotopic (exact) mass is 432 g/mol. The van der Waals surface area contributed by atoms with Crippen LogP contribution in [0.15, 0.2) is 51.7 Å². The molecule has 3 aromatic rings. The first-order valence-corrected chi connectivity index (χ1v) is 9.37. The van der Waals surface area contributed by atoms with E-state index in [1.165, 1.54) is 6.07 Å². The summed E-state index contributed by atoms with van der Waals surface area (Å²) in [5.41, 5.74) is -0.112. The first-order chi connectivity index (χ1) is 14.8. The van der Waals surface area contributed by atoms with Crippen molar-refractivity contribution >= 4 is 11.0 Å². The molecular formula is C21H20O10. The molecule has 0 saturated carbocycles. The number of aliphatic hydroxyl groups is 4. The van der Waals surface area contributed by atoms with Crippen molar-refractivity contribution in [2.75, 3.05) is 6.61 Å². The van der Waals surface area contributed by atoms with E-state index in [0.29, 0.717) is 5.56 Å². The van der Waals surface area contributed by atoms with Gasteiger partial charge in [-0.25, -0.2) is 0 Å². The molecule has 0 aliphatic carbocycles. The minimum absolute atomic E-state index is 0.110. The second-order valence-electron chi connectivity index (χ2n) is 7.10. The van der Waals surface area contributed by atoms with Crippen LogP contribution in [0, 0.1) is 0 Å². The van der Waals surface area contributed by atoms with Crippen LogP contribution in [0.3, 0.4) is 0 Å². The van der Waals surface area contributed by atoms with Crippen LogP contribution in [0.4, 0.5) is 0 Å². The third-order valence-electron chi connectivity index (χ3n) is 5.08. The van der Waals surface area contributed by atoms with E-state index in [1.54, 1.807) is 30.3 Å². The summed E-state index contributed by atoms with van der Waals surface area (Å²) in [7, 11) is 0. The number of benzene rings is 2. The molecule has 1 fully saturated rings. The third-order valence-corrected chi connectivity index (χ3v) is 5.08. The lowest BCUT2D eigenvalue weighted by Crippen LogP contribution is -2.60. The van der Waals surface area contributed by atoms with E-state index >= 15 is 0 Å². The van der Waals surface area contributed by atoms with Crippen molar-refractivity contribution in [3.63, 3.8) is 0 Å². The minimum atomic E-state index is -1.74. The largest absolute Gasteiger partial charge is 0.504 e. The molecule has 10 heteroatoms. The van der Waals surface area contributed by atoms with Crippen LogP contribution in [0.2, 0.25) is 0 Å². The topological polar surface area (TPSA) is 170 Å². The van der Waals surface area contributed by atoms with E-state index in [2.05, 4.69) is 0 Å². The van der Waals surface area contributed by atoms with E-state index in [9.17, 15) is 35.4 Å². The molecule has 5 atom stereocenters. The van der Waals surface area contributed by atoms with Gasteiger partial charge in [0.15, 0.2) is 16.9 Å². The average Bonchev–Trinajstić information content (AvgIpc) is 2.77. The number of phenolic OH excluding ortho intramolecular Hbond substituents is 2. The van der Waals surface area contributed by atoms with E-state index in [1.807, 2.05) is 0 Å². The molecule has 0 amide bonds. The Hall–Kier alpha value is -3.15. The van der Waals surface area contributed by atoms with Gasteiger partial charge < -0.3 is 44.5 Å². The minimum Gasteiger partial charge on any atom is -0.504 e. The lowest BCUT2D eigenvalue weighted by molar-refractivity contribution is -0.277. The molecule has 0 spiro atoms. The Labute approximate surface area is 174 Å². The van der Waals surface area contributed by atoms with E-state index in [0.717, 1.165) is 6.07 Å². The molecule has 2 heterocycles. The van der Waals surface area contributed by atoms with Crippen molar-refractivity contribution in [2.45, 2.75) is 30.7 Å². The van der Waals surface area contributed by atoms with Crippen molar-refractivity contribution in [1.29, 1.82) is 0 Å². The molecule has 6 N–H and O–H groups in total. The fourth-order valence-corrected chi connectivity index (χ4v) is 3.39. The number of fused-ring (bicyclic) bond motifs is 1. The summed E-state index contributed by atoms with van der Waals surface area (Å²) >= 11 is 0. The summed E-state index contributed by atoms with van der Waals surface area (Å²) in [5.74, 6) is -1.82. The molecule has 0 unspecified atom stereocenters. The molecule has 10 nitrogen and oxygen atoms in total. The van der Waals surface area contributed by atoms with Crippen LogP contribution in [-0.2, 0) is 4.74 Å². The number of hydrogen-bond acceptors (Lipinski definition) is 10. The molecule has 1 aromatic heterocycles. The fourth-order valence-electron chi connectivity index (χ4n) is 3.39. The zero-order valence-electron chi connectivity index (χ0n) is 16.0. The summed E-state index contributed by atoms with van der Waals surface area (Å²) in [6.07, 6.45) is -7.87. The number of rotatable bonds is 4. The van der Waals surface area contributed by atoms with Gasteiger partial charge in [0.05, 0.1) is 6.61 Å². The van der Waals surface area contributed by atoms with Crippen molar-refractivity contribution in [2.24, 2.45) is 0 Å². The van der Waals surface area contributed by atoms with Crippen molar-refractivity contribution in [3.05, 3.63) is 52.7 Å². The summed E-state index contributed by atoms with van der Waals surface area (Å²) in [5, 5.41) is 59.6. The molecule has 164 valence electrons. The highest BCUT2D eigenvalue weighted by molar-refractivity contribution is 5.89. The standard InChI is InChI=1S/C21H20O10/c22-8-14-17(25)19(27)20(28)21(31-14)30-13-7-12-15(18(26)16(13)24)10(23)6-11(29-12)9-4-2-1-3-5-9/h1-7,14,17,19-22,24-28H,8H2/t14-,17-,19+,20-,21+/m1/s1.